The number of aliphatic imine (C=N–C) groups is 1. The molecule has 0 fully saturated rings. The van der Waals surface area contributed by atoms with Crippen LogP contribution in [0.1, 0.15) is 50.0 Å². The topological polar surface area (TPSA) is 47.9 Å². The highest BCUT2D eigenvalue weighted by atomic mass is 19.1. The molecule has 4 nitrogen and oxygen atoms in total. The molecule has 0 unspecified atom stereocenters. The normalized spacial score (nSPS) is 11.4. The Balaban J connectivity index is 0.000000330. The van der Waals surface area contributed by atoms with Gasteiger partial charge in [0, 0.05) is 18.3 Å². The highest BCUT2D eigenvalue weighted by Crippen LogP contribution is 2.30. The summed E-state index contributed by atoms with van der Waals surface area (Å²) in [6, 6.07) is 11.6. The van der Waals surface area contributed by atoms with E-state index in [0.29, 0.717) is 5.56 Å². The Labute approximate surface area is 167 Å². The maximum absolute atomic E-state index is 12.4. The van der Waals surface area contributed by atoms with E-state index in [1.807, 2.05) is 25.2 Å². The van der Waals surface area contributed by atoms with Crippen molar-refractivity contribution >= 4 is 11.5 Å². The van der Waals surface area contributed by atoms with E-state index in [1.165, 1.54) is 25.1 Å². The van der Waals surface area contributed by atoms with Gasteiger partial charge in [0.25, 0.3) is 0 Å². The van der Waals surface area contributed by atoms with E-state index in [1.54, 1.807) is 20.3 Å². The molecule has 0 aliphatic heterocycles. The SMILES string of the molecule is CC(=O)c1cccc(F)c1.CN=C(CC(C)(C)C)c1ccc(OC)c(OC)c1. The summed E-state index contributed by atoms with van der Waals surface area (Å²) in [6.45, 7) is 8.03. The quantitative estimate of drug-likeness (QED) is 0.496. The fourth-order valence-corrected chi connectivity index (χ4v) is 2.54. The number of ketones is 1. The number of halogens is 1. The predicted molar refractivity (Wildman–Crippen MR) is 112 cm³/mol. The smallest absolute Gasteiger partial charge is 0.161 e. The standard InChI is InChI=1S/C15H23NO2.C8H7FO/c1-15(2,3)10-12(16-4)11-7-8-13(17-5)14(9-11)18-6;1-6(10)7-3-2-4-8(9)5-7/h7-9H,10H2,1-6H3;2-5H,1H3. The number of rotatable bonds is 5. The number of methoxy groups -OCH3 is 2. The summed E-state index contributed by atoms with van der Waals surface area (Å²) in [5.41, 5.74) is 2.80. The van der Waals surface area contributed by atoms with Crippen molar-refractivity contribution in [1.82, 2.24) is 0 Å². The van der Waals surface area contributed by atoms with E-state index >= 15 is 0 Å². The van der Waals surface area contributed by atoms with Crippen LogP contribution in [0.5, 0.6) is 11.5 Å². The molecule has 0 bridgehead atoms. The second-order valence-corrected chi connectivity index (χ2v) is 7.54. The van der Waals surface area contributed by atoms with Gasteiger partial charge in [-0.3, -0.25) is 9.79 Å². The van der Waals surface area contributed by atoms with E-state index in [4.69, 9.17) is 9.47 Å². The third kappa shape index (κ3) is 7.51. The lowest BCUT2D eigenvalue weighted by Crippen LogP contribution is -2.14. The largest absolute Gasteiger partial charge is 0.493 e. The highest BCUT2D eigenvalue weighted by molar-refractivity contribution is 6.01. The Bertz CT molecular complexity index is 823. The molecule has 0 N–H and O–H groups in total. The summed E-state index contributed by atoms with van der Waals surface area (Å²) in [5, 5.41) is 0. The molecular weight excluding hydrogens is 357 g/mol. The van der Waals surface area contributed by atoms with Crippen molar-refractivity contribution < 1.29 is 18.7 Å². The van der Waals surface area contributed by atoms with Gasteiger partial charge in [-0.2, -0.15) is 0 Å². The van der Waals surface area contributed by atoms with Gasteiger partial charge in [-0.1, -0.05) is 32.9 Å². The Morgan fingerprint density at radius 3 is 2.07 bits per heavy atom. The lowest BCUT2D eigenvalue weighted by molar-refractivity contribution is 0.101. The number of nitrogens with zero attached hydrogens (tertiary/aromatic N) is 1. The molecule has 2 rings (SSSR count). The summed E-state index contributed by atoms with van der Waals surface area (Å²) < 4.78 is 22.9. The fraction of sp³-hybridized carbons (Fsp3) is 0.391. The van der Waals surface area contributed by atoms with E-state index in [9.17, 15) is 9.18 Å². The monoisotopic (exact) mass is 387 g/mol. The molecule has 2 aromatic carbocycles. The first-order chi connectivity index (χ1) is 13.1. The fourth-order valence-electron chi connectivity index (χ4n) is 2.54. The van der Waals surface area contributed by atoms with Crippen molar-refractivity contribution in [2.45, 2.75) is 34.1 Å². The number of Topliss-reactive ketones (excluding diaryl/α,β-unsaturated/α-hetero) is 1. The molecule has 28 heavy (non-hydrogen) atoms. The summed E-state index contributed by atoms with van der Waals surface area (Å²) in [4.78, 5) is 15.0. The maximum Gasteiger partial charge on any atom is 0.161 e. The van der Waals surface area contributed by atoms with Gasteiger partial charge in [0.2, 0.25) is 0 Å². The molecule has 152 valence electrons. The lowest BCUT2D eigenvalue weighted by atomic mass is 9.87. The van der Waals surface area contributed by atoms with E-state index in [2.05, 4.69) is 25.8 Å². The van der Waals surface area contributed by atoms with Gasteiger partial charge < -0.3 is 9.47 Å². The van der Waals surface area contributed by atoms with Gasteiger partial charge in [0.15, 0.2) is 17.3 Å². The molecule has 0 aliphatic carbocycles. The average molecular weight is 387 g/mol. The Morgan fingerprint density at radius 2 is 1.64 bits per heavy atom. The number of benzene rings is 2. The van der Waals surface area contributed by atoms with Crippen molar-refractivity contribution in [1.29, 1.82) is 0 Å². The van der Waals surface area contributed by atoms with Crippen LogP contribution in [0.4, 0.5) is 4.39 Å². The molecule has 0 saturated heterocycles. The van der Waals surface area contributed by atoms with Gasteiger partial charge in [-0.15, -0.1) is 0 Å². The minimum absolute atomic E-state index is 0.112. The van der Waals surface area contributed by atoms with Gasteiger partial charge >= 0.3 is 0 Å². The van der Waals surface area contributed by atoms with Gasteiger partial charge in [-0.05, 0) is 54.7 Å². The molecule has 0 radical (unpaired) electrons. The van der Waals surface area contributed by atoms with Crippen molar-refractivity contribution in [2.75, 3.05) is 21.3 Å². The number of carbonyl (C=O) groups excluding carboxylic acids is 1. The molecule has 0 aliphatic rings. The van der Waals surface area contributed by atoms with Crippen LogP contribution >= 0.6 is 0 Å². The molecule has 0 saturated carbocycles. The molecule has 0 spiro atoms. The van der Waals surface area contributed by atoms with Gasteiger partial charge in [0.05, 0.1) is 14.2 Å². The first kappa shape index (κ1) is 23.3. The summed E-state index contributed by atoms with van der Waals surface area (Å²) in [7, 11) is 5.12. The number of hydrogen-bond acceptors (Lipinski definition) is 4. The van der Waals surface area contributed by atoms with Gasteiger partial charge in [-0.25, -0.2) is 4.39 Å². The second-order valence-electron chi connectivity index (χ2n) is 7.54. The summed E-state index contributed by atoms with van der Waals surface area (Å²) >= 11 is 0. The Morgan fingerprint density at radius 1 is 1.00 bits per heavy atom. The third-order valence-corrected chi connectivity index (χ3v) is 3.92. The summed E-state index contributed by atoms with van der Waals surface area (Å²) in [6.07, 6.45) is 0.930. The van der Waals surface area contributed by atoms with E-state index in [-0.39, 0.29) is 17.0 Å². The zero-order valence-electron chi connectivity index (χ0n) is 17.8. The zero-order valence-corrected chi connectivity index (χ0v) is 17.8. The average Bonchev–Trinajstić information content (AvgIpc) is 2.65. The van der Waals surface area contributed by atoms with Crippen LogP contribution in [0.15, 0.2) is 47.5 Å². The highest BCUT2D eigenvalue weighted by Gasteiger charge is 2.16. The summed E-state index contributed by atoms with van der Waals surface area (Å²) in [5.74, 6) is 1.00. The Hall–Kier alpha value is -2.69. The van der Waals surface area contributed by atoms with Crippen molar-refractivity contribution in [3.8, 4) is 11.5 Å². The predicted octanol–water partition coefficient (Wildman–Crippen LogP) is 5.59. The van der Waals surface area contributed by atoms with Crippen LogP contribution in [0.2, 0.25) is 0 Å². The number of hydrogen-bond donors (Lipinski definition) is 0. The van der Waals surface area contributed by atoms with Crippen LogP contribution in [0, 0.1) is 11.2 Å². The minimum atomic E-state index is -0.368. The molecule has 0 heterocycles. The maximum atomic E-state index is 12.4. The van der Waals surface area contributed by atoms with Crippen LogP contribution in [-0.2, 0) is 0 Å². The van der Waals surface area contributed by atoms with E-state index < -0.39 is 0 Å². The van der Waals surface area contributed by atoms with Gasteiger partial charge in [0.1, 0.15) is 5.82 Å². The molecule has 2 aromatic rings. The Kier molecular flexibility index (Phi) is 8.83. The van der Waals surface area contributed by atoms with Crippen molar-refractivity contribution in [3.63, 3.8) is 0 Å². The van der Waals surface area contributed by atoms with Crippen molar-refractivity contribution in [3.05, 3.63) is 59.4 Å². The molecule has 5 heteroatoms. The molecule has 0 atom stereocenters. The zero-order chi connectivity index (χ0) is 21.3. The van der Waals surface area contributed by atoms with Crippen LogP contribution in [0.3, 0.4) is 0 Å². The van der Waals surface area contributed by atoms with E-state index in [0.717, 1.165) is 29.2 Å². The first-order valence-electron chi connectivity index (χ1n) is 9.06. The van der Waals surface area contributed by atoms with Crippen LogP contribution < -0.4 is 9.47 Å². The van der Waals surface area contributed by atoms with Crippen LogP contribution in [0.25, 0.3) is 0 Å². The second kappa shape index (κ2) is 10.6. The third-order valence-electron chi connectivity index (χ3n) is 3.92. The minimum Gasteiger partial charge on any atom is -0.493 e. The van der Waals surface area contributed by atoms with Crippen LogP contribution in [-0.4, -0.2) is 32.8 Å². The number of ether oxygens (including phenoxy) is 2. The number of carbonyl (C=O) groups is 1. The molecular formula is C23H30FNO3. The molecule has 0 aromatic heterocycles. The first-order valence-corrected chi connectivity index (χ1v) is 9.06. The lowest BCUT2D eigenvalue weighted by Gasteiger charge is -2.20. The molecule has 0 amide bonds. The van der Waals surface area contributed by atoms with Crippen molar-refractivity contribution in [2.24, 2.45) is 10.4 Å².